The number of hydrogen-bond acceptors (Lipinski definition) is 3. The van der Waals surface area contributed by atoms with Crippen LogP contribution < -0.4 is 5.32 Å². The largest absolute Gasteiger partial charge is 0.378 e. The van der Waals surface area contributed by atoms with Crippen LogP contribution in [0, 0.1) is 5.41 Å². The smallest absolute Gasteiger partial charge is 0.0658 e. The van der Waals surface area contributed by atoms with Crippen LogP contribution in [0.4, 0.5) is 0 Å². The summed E-state index contributed by atoms with van der Waals surface area (Å²) in [6, 6.07) is 6.59. The standard InChI is InChI=1S/C15H24N2O/c1-4-15(3)13(10-14(15)18-5-2)17-11-12-8-6-7-9-16-12/h6-9,13-14,17H,4-5,10-11H2,1-3H3. The highest BCUT2D eigenvalue weighted by Crippen LogP contribution is 2.45. The summed E-state index contributed by atoms with van der Waals surface area (Å²) in [5, 5.41) is 3.62. The Morgan fingerprint density at radius 2 is 2.28 bits per heavy atom. The lowest BCUT2D eigenvalue weighted by molar-refractivity contribution is -0.126. The number of nitrogens with zero attached hydrogens (tertiary/aromatic N) is 1. The highest BCUT2D eigenvalue weighted by Gasteiger charge is 2.50. The number of ether oxygens (including phenoxy) is 1. The molecule has 100 valence electrons. The van der Waals surface area contributed by atoms with Gasteiger partial charge >= 0.3 is 0 Å². The van der Waals surface area contributed by atoms with E-state index in [2.05, 4.69) is 37.1 Å². The molecule has 18 heavy (non-hydrogen) atoms. The van der Waals surface area contributed by atoms with Crippen LogP contribution >= 0.6 is 0 Å². The summed E-state index contributed by atoms with van der Waals surface area (Å²) >= 11 is 0. The molecule has 0 radical (unpaired) electrons. The summed E-state index contributed by atoms with van der Waals surface area (Å²) in [5.74, 6) is 0. The molecule has 0 spiro atoms. The second kappa shape index (κ2) is 5.81. The summed E-state index contributed by atoms with van der Waals surface area (Å²) in [6.45, 7) is 8.31. The van der Waals surface area contributed by atoms with Crippen molar-refractivity contribution in [1.29, 1.82) is 0 Å². The zero-order chi connectivity index (χ0) is 13.0. The van der Waals surface area contributed by atoms with Crippen LogP contribution in [0.25, 0.3) is 0 Å². The third-order valence-corrected chi connectivity index (χ3v) is 4.37. The average molecular weight is 248 g/mol. The highest BCUT2D eigenvalue weighted by atomic mass is 16.5. The summed E-state index contributed by atoms with van der Waals surface area (Å²) in [5.41, 5.74) is 1.38. The fourth-order valence-electron chi connectivity index (χ4n) is 2.80. The fourth-order valence-corrected chi connectivity index (χ4v) is 2.80. The Kier molecular flexibility index (Phi) is 4.36. The van der Waals surface area contributed by atoms with Gasteiger partial charge in [-0.2, -0.15) is 0 Å². The number of hydrogen-bond donors (Lipinski definition) is 1. The van der Waals surface area contributed by atoms with Gasteiger partial charge in [-0.1, -0.05) is 19.9 Å². The molecule has 1 saturated carbocycles. The first-order chi connectivity index (χ1) is 8.70. The molecule has 0 aliphatic heterocycles. The Balaban J connectivity index is 1.88. The lowest BCUT2D eigenvalue weighted by Gasteiger charge is -2.53. The maximum absolute atomic E-state index is 5.81. The van der Waals surface area contributed by atoms with Crippen LogP contribution in [0.3, 0.4) is 0 Å². The van der Waals surface area contributed by atoms with Crippen molar-refractivity contribution < 1.29 is 4.74 Å². The van der Waals surface area contributed by atoms with Crippen molar-refractivity contribution in [1.82, 2.24) is 10.3 Å². The van der Waals surface area contributed by atoms with Gasteiger partial charge in [0.05, 0.1) is 11.8 Å². The summed E-state index contributed by atoms with van der Waals surface area (Å²) in [4.78, 5) is 4.34. The van der Waals surface area contributed by atoms with Crippen molar-refractivity contribution in [3.05, 3.63) is 30.1 Å². The Morgan fingerprint density at radius 3 is 2.89 bits per heavy atom. The topological polar surface area (TPSA) is 34.1 Å². The Labute approximate surface area is 110 Å². The van der Waals surface area contributed by atoms with Crippen molar-refractivity contribution in [2.24, 2.45) is 5.41 Å². The van der Waals surface area contributed by atoms with Gasteiger partial charge in [0, 0.05) is 30.8 Å². The van der Waals surface area contributed by atoms with Crippen molar-refractivity contribution in [3.63, 3.8) is 0 Å². The number of rotatable bonds is 6. The molecule has 1 aliphatic rings. The van der Waals surface area contributed by atoms with Crippen LogP contribution in [0.1, 0.15) is 39.3 Å². The van der Waals surface area contributed by atoms with E-state index < -0.39 is 0 Å². The molecule has 0 amide bonds. The van der Waals surface area contributed by atoms with Crippen molar-refractivity contribution in [2.75, 3.05) is 6.61 Å². The van der Waals surface area contributed by atoms with Crippen LogP contribution in [0.15, 0.2) is 24.4 Å². The third kappa shape index (κ3) is 2.57. The molecule has 0 bridgehead atoms. The van der Waals surface area contributed by atoms with E-state index in [9.17, 15) is 0 Å². The lowest BCUT2D eigenvalue weighted by Crippen LogP contribution is -2.62. The summed E-state index contributed by atoms with van der Waals surface area (Å²) < 4.78 is 5.81. The monoisotopic (exact) mass is 248 g/mol. The SMILES string of the molecule is CCOC1CC(NCc2ccccn2)C1(C)CC. The maximum atomic E-state index is 5.81. The first kappa shape index (κ1) is 13.5. The van der Waals surface area contributed by atoms with E-state index in [-0.39, 0.29) is 5.41 Å². The third-order valence-electron chi connectivity index (χ3n) is 4.37. The highest BCUT2D eigenvalue weighted by molar-refractivity contribution is 5.08. The van der Waals surface area contributed by atoms with Gasteiger partial charge in [0.15, 0.2) is 0 Å². The minimum atomic E-state index is 0.269. The van der Waals surface area contributed by atoms with E-state index >= 15 is 0 Å². The molecule has 3 nitrogen and oxygen atoms in total. The fraction of sp³-hybridized carbons (Fsp3) is 0.667. The minimum Gasteiger partial charge on any atom is -0.378 e. The molecule has 1 heterocycles. The molecule has 1 aliphatic carbocycles. The lowest BCUT2D eigenvalue weighted by atomic mass is 9.61. The van der Waals surface area contributed by atoms with Crippen molar-refractivity contribution in [3.8, 4) is 0 Å². The quantitative estimate of drug-likeness (QED) is 0.840. The van der Waals surface area contributed by atoms with E-state index in [0.29, 0.717) is 12.1 Å². The number of pyridine rings is 1. The van der Waals surface area contributed by atoms with Crippen molar-refractivity contribution >= 4 is 0 Å². The molecular weight excluding hydrogens is 224 g/mol. The average Bonchev–Trinajstić information content (AvgIpc) is 2.42. The molecule has 1 aromatic heterocycles. The second-order valence-electron chi connectivity index (χ2n) is 5.29. The van der Waals surface area contributed by atoms with Gasteiger partial charge in [-0.15, -0.1) is 0 Å². The van der Waals surface area contributed by atoms with Crippen LogP contribution in [0.5, 0.6) is 0 Å². The molecule has 1 N–H and O–H groups in total. The zero-order valence-corrected chi connectivity index (χ0v) is 11.6. The van der Waals surface area contributed by atoms with Gasteiger partial charge in [0.1, 0.15) is 0 Å². The number of nitrogens with one attached hydrogen (secondary N) is 1. The zero-order valence-electron chi connectivity index (χ0n) is 11.6. The first-order valence-electron chi connectivity index (χ1n) is 6.95. The minimum absolute atomic E-state index is 0.269. The van der Waals surface area contributed by atoms with Crippen LogP contribution in [-0.2, 0) is 11.3 Å². The van der Waals surface area contributed by atoms with Crippen molar-refractivity contribution in [2.45, 2.75) is 52.3 Å². The molecule has 3 atom stereocenters. The van der Waals surface area contributed by atoms with E-state index in [1.54, 1.807) is 0 Å². The van der Waals surface area contributed by atoms with Gasteiger partial charge in [0.2, 0.25) is 0 Å². The van der Waals surface area contributed by atoms with E-state index in [1.807, 2.05) is 18.3 Å². The maximum Gasteiger partial charge on any atom is 0.0658 e. The second-order valence-corrected chi connectivity index (χ2v) is 5.29. The van der Waals surface area contributed by atoms with Gasteiger partial charge in [-0.25, -0.2) is 0 Å². The normalized spacial score (nSPS) is 31.1. The van der Waals surface area contributed by atoms with Gasteiger partial charge in [-0.05, 0) is 31.9 Å². The van der Waals surface area contributed by atoms with Gasteiger partial charge in [0.25, 0.3) is 0 Å². The molecule has 1 fully saturated rings. The molecule has 3 unspecified atom stereocenters. The molecule has 2 rings (SSSR count). The van der Waals surface area contributed by atoms with Crippen LogP contribution in [0.2, 0.25) is 0 Å². The van der Waals surface area contributed by atoms with E-state index in [1.165, 1.54) is 0 Å². The molecule has 0 aromatic carbocycles. The Morgan fingerprint density at radius 1 is 1.44 bits per heavy atom. The molecule has 3 heteroatoms. The predicted octanol–water partition coefficient (Wildman–Crippen LogP) is 2.76. The first-order valence-corrected chi connectivity index (χ1v) is 6.95. The summed E-state index contributed by atoms with van der Waals surface area (Å²) in [6.07, 6.45) is 4.52. The summed E-state index contributed by atoms with van der Waals surface area (Å²) in [7, 11) is 0. The van der Waals surface area contributed by atoms with Gasteiger partial charge < -0.3 is 10.1 Å². The van der Waals surface area contributed by atoms with Crippen LogP contribution in [-0.4, -0.2) is 23.7 Å². The Bertz CT molecular complexity index is 368. The number of aromatic nitrogens is 1. The predicted molar refractivity (Wildman–Crippen MR) is 73.3 cm³/mol. The van der Waals surface area contributed by atoms with Gasteiger partial charge in [-0.3, -0.25) is 4.98 Å². The van der Waals surface area contributed by atoms with E-state index in [0.717, 1.165) is 31.7 Å². The van der Waals surface area contributed by atoms with E-state index in [4.69, 9.17) is 4.74 Å². The Hall–Kier alpha value is -0.930. The molecule has 0 saturated heterocycles. The molecule has 1 aromatic rings. The molecular formula is C15H24N2O.